The second-order valence-electron chi connectivity index (χ2n) is 3.95. The van der Waals surface area contributed by atoms with E-state index in [1.54, 1.807) is 0 Å². The lowest BCUT2D eigenvalue weighted by Crippen LogP contribution is -2.08. The van der Waals surface area contributed by atoms with Gasteiger partial charge >= 0.3 is 6.18 Å². The van der Waals surface area contributed by atoms with Gasteiger partial charge in [0.05, 0.1) is 18.2 Å². The summed E-state index contributed by atoms with van der Waals surface area (Å²) in [6.07, 6.45) is -2.74. The van der Waals surface area contributed by atoms with Crippen LogP contribution in [0.5, 0.6) is 5.88 Å². The van der Waals surface area contributed by atoms with Crippen LogP contribution in [0.1, 0.15) is 15.9 Å². The van der Waals surface area contributed by atoms with E-state index >= 15 is 0 Å². The molecule has 0 bridgehead atoms. The van der Waals surface area contributed by atoms with Crippen molar-refractivity contribution in [3.05, 3.63) is 47.7 Å². The zero-order valence-electron chi connectivity index (χ0n) is 10.4. The summed E-state index contributed by atoms with van der Waals surface area (Å²) in [5.74, 6) is -0.0219. The number of carbonyl (C=O) groups is 1. The normalized spacial score (nSPS) is 11.2. The molecule has 0 fully saturated rings. The fourth-order valence-electron chi connectivity index (χ4n) is 1.93. The molecule has 20 heavy (non-hydrogen) atoms. The zero-order valence-corrected chi connectivity index (χ0v) is 10.4. The molecule has 2 aromatic rings. The topological polar surface area (TPSA) is 39.2 Å². The summed E-state index contributed by atoms with van der Waals surface area (Å²) in [5, 5.41) is 0. The molecule has 1 aromatic heterocycles. The molecule has 104 valence electrons. The summed E-state index contributed by atoms with van der Waals surface area (Å²) in [6.45, 7) is 0. The van der Waals surface area contributed by atoms with Gasteiger partial charge in [0.25, 0.3) is 0 Å². The van der Waals surface area contributed by atoms with Gasteiger partial charge in [-0.1, -0.05) is 18.2 Å². The van der Waals surface area contributed by atoms with Crippen LogP contribution in [0.2, 0.25) is 0 Å². The van der Waals surface area contributed by atoms with Crippen molar-refractivity contribution in [2.24, 2.45) is 0 Å². The molecule has 0 atom stereocenters. The largest absolute Gasteiger partial charge is 0.481 e. The summed E-state index contributed by atoms with van der Waals surface area (Å²) in [7, 11) is 1.29. The average Bonchev–Trinajstić information content (AvgIpc) is 2.45. The summed E-state index contributed by atoms with van der Waals surface area (Å²) in [6, 6.07) is 6.34. The van der Waals surface area contributed by atoms with Crippen molar-refractivity contribution in [3.63, 3.8) is 0 Å². The first-order chi connectivity index (χ1) is 9.49. The number of benzene rings is 1. The lowest BCUT2D eigenvalue weighted by atomic mass is 9.96. The average molecular weight is 281 g/mol. The van der Waals surface area contributed by atoms with E-state index in [0.717, 1.165) is 6.07 Å². The lowest BCUT2D eigenvalue weighted by molar-refractivity contribution is -0.137. The number of aromatic nitrogens is 1. The molecule has 0 amide bonds. The molecular formula is C14H10F3NO2. The summed E-state index contributed by atoms with van der Waals surface area (Å²) in [4.78, 5) is 14.9. The van der Waals surface area contributed by atoms with Gasteiger partial charge in [-0.15, -0.1) is 0 Å². The minimum absolute atomic E-state index is 0.0219. The van der Waals surface area contributed by atoms with Crippen LogP contribution in [0.4, 0.5) is 13.2 Å². The van der Waals surface area contributed by atoms with Gasteiger partial charge in [0.15, 0.2) is 6.29 Å². The molecule has 3 nitrogen and oxygen atoms in total. The third-order valence-electron chi connectivity index (χ3n) is 2.77. The van der Waals surface area contributed by atoms with E-state index in [0.29, 0.717) is 6.29 Å². The monoisotopic (exact) mass is 281 g/mol. The molecule has 6 heteroatoms. The quantitative estimate of drug-likeness (QED) is 0.807. The van der Waals surface area contributed by atoms with Crippen LogP contribution < -0.4 is 4.74 Å². The summed E-state index contributed by atoms with van der Waals surface area (Å²) < 4.78 is 44.1. The molecule has 0 saturated heterocycles. The van der Waals surface area contributed by atoms with Crippen molar-refractivity contribution < 1.29 is 22.7 Å². The predicted molar refractivity (Wildman–Crippen MR) is 66.6 cm³/mol. The van der Waals surface area contributed by atoms with Crippen LogP contribution in [-0.4, -0.2) is 18.4 Å². The molecule has 0 spiro atoms. The molecule has 0 N–H and O–H groups in total. The Morgan fingerprint density at radius 1 is 1.20 bits per heavy atom. The van der Waals surface area contributed by atoms with Gasteiger partial charge in [0.1, 0.15) is 0 Å². The summed E-state index contributed by atoms with van der Waals surface area (Å²) >= 11 is 0. The molecule has 0 aliphatic heterocycles. The summed E-state index contributed by atoms with van der Waals surface area (Å²) in [5.41, 5.74) is -0.840. The van der Waals surface area contributed by atoms with Gasteiger partial charge < -0.3 is 4.74 Å². The highest BCUT2D eigenvalue weighted by molar-refractivity contribution is 5.90. The highest BCUT2D eigenvalue weighted by Crippen LogP contribution is 2.40. The molecular weight excluding hydrogens is 271 g/mol. The molecule has 2 rings (SSSR count). The molecule has 1 heterocycles. The van der Waals surface area contributed by atoms with Crippen LogP contribution in [0.15, 0.2) is 36.5 Å². The van der Waals surface area contributed by atoms with Crippen molar-refractivity contribution in [1.82, 2.24) is 4.98 Å². The van der Waals surface area contributed by atoms with Gasteiger partial charge in [-0.25, -0.2) is 4.98 Å². The highest BCUT2D eigenvalue weighted by atomic mass is 19.4. The molecule has 0 saturated carbocycles. The number of hydrogen-bond donors (Lipinski definition) is 0. The van der Waals surface area contributed by atoms with Gasteiger partial charge in [0.2, 0.25) is 5.88 Å². The third-order valence-corrected chi connectivity index (χ3v) is 2.77. The van der Waals surface area contributed by atoms with Crippen molar-refractivity contribution >= 4 is 6.29 Å². The smallest absolute Gasteiger partial charge is 0.417 e. The van der Waals surface area contributed by atoms with Crippen LogP contribution >= 0.6 is 0 Å². The number of rotatable bonds is 3. The maximum atomic E-state index is 13.1. The van der Waals surface area contributed by atoms with Crippen molar-refractivity contribution in [1.29, 1.82) is 0 Å². The Balaban J connectivity index is 2.78. The van der Waals surface area contributed by atoms with Crippen LogP contribution in [0.25, 0.3) is 11.1 Å². The Morgan fingerprint density at radius 3 is 2.50 bits per heavy atom. The number of pyridine rings is 1. The van der Waals surface area contributed by atoms with Gasteiger partial charge in [-0.05, 0) is 17.7 Å². The molecule has 1 aromatic carbocycles. The number of alkyl halides is 3. The van der Waals surface area contributed by atoms with Gasteiger partial charge in [-0.2, -0.15) is 13.2 Å². The zero-order chi connectivity index (χ0) is 14.8. The minimum atomic E-state index is -4.53. The Bertz CT molecular complexity index is 639. The Kier molecular flexibility index (Phi) is 3.74. The van der Waals surface area contributed by atoms with E-state index in [2.05, 4.69) is 4.98 Å². The number of nitrogens with zero attached hydrogens (tertiary/aromatic N) is 1. The Hall–Kier alpha value is -2.37. The standard InChI is InChI=1S/C14H10F3NO2/c1-20-13-12(9(8-19)6-7-18-13)10-4-2-3-5-11(10)14(15,16)17/h2-8H,1H3. The number of carbonyl (C=O) groups excluding carboxylic acids is 1. The number of methoxy groups -OCH3 is 1. The van der Waals surface area contributed by atoms with Crippen LogP contribution in [0, 0.1) is 0 Å². The van der Waals surface area contributed by atoms with Crippen molar-refractivity contribution in [2.75, 3.05) is 7.11 Å². The Morgan fingerprint density at radius 2 is 1.90 bits per heavy atom. The first-order valence-electron chi connectivity index (χ1n) is 5.63. The fraction of sp³-hybridized carbons (Fsp3) is 0.143. The lowest BCUT2D eigenvalue weighted by Gasteiger charge is -2.15. The molecule has 0 aliphatic carbocycles. The predicted octanol–water partition coefficient (Wildman–Crippen LogP) is 3.59. The molecule has 0 radical (unpaired) electrons. The van der Waals surface area contributed by atoms with Crippen LogP contribution in [0.3, 0.4) is 0 Å². The van der Waals surface area contributed by atoms with Crippen molar-refractivity contribution in [2.45, 2.75) is 6.18 Å². The van der Waals surface area contributed by atoms with Gasteiger partial charge in [-0.3, -0.25) is 4.79 Å². The number of hydrogen-bond acceptors (Lipinski definition) is 3. The van der Waals surface area contributed by atoms with E-state index in [1.807, 2.05) is 0 Å². The van der Waals surface area contributed by atoms with E-state index in [9.17, 15) is 18.0 Å². The Labute approximate surface area is 113 Å². The first-order valence-corrected chi connectivity index (χ1v) is 5.63. The van der Waals surface area contributed by atoms with Crippen LogP contribution in [-0.2, 0) is 6.18 Å². The maximum absolute atomic E-state index is 13.1. The molecule has 0 unspecified atom stereocenters. The van der Waals surface area contributed by atoms with E-state index < -0.39 is 11.7 Å². The SMILES string of the molecule is COc1nccc(C=O)c1-c1ccccc1C(F)(F)F. The number of halogens is 3. The maximum Gasteiger partial charge on any atom is 0.417 e. The van der Waals surface area contributed by atoms with E-state index in [-0.39, 0.29) is 22.6 Å². The fourth-order valence-corrected chi connectivity index (χ4v) is 1.93. The second-order valence-corrected chi connectivity index (χ2v) is 3.95. The van der Waals surface area contributed by atoms with E-state index in [1.165, 1.54) is 37.6 Å². The van der Waals surface area contributed by atoms with Gasteiger partial charge in [0, 0.05) is 11.8 Å². The second kappa shape index (κ2) is 5.32. The minimum Gasteiger partial charge on any atom is -0.481 e. The first kappa shape index (κ1) is 14.0. The molecule has 0 aliphatic rings. The number of aldehydes is 1. The highest BCUT2D eigenvalue weighted by Gasteiger charge is 2.34. The third kappa shape index (κ3) is 2.49. The number of ether oxygens (including phenoxy) is 1. The van der Waals surface area contributed by atoms with E-state index in [4.69, 9.17) is 4.74 Å². The van der Waals surface area contributed by atoms with Crippen molar-refractivity contribution in [3.8, 4) is 17.0 Å².